The minimum absolute atomic E-state index is 0. The van der Waals surface area contributed by atoms with Gasteiger partial charge in [0, 0.05) is 31.5 Å². The second-order valence-electron chi connectivity index (χ2n) is 4.39. The van der Waals surface area contributed by atoms with Crippen LogP contribution in [-0.2, 0) is 6.54 Å². The Kier molecular flexibility index (Phi) is 4.71. The Bertz CT molecular complexity index is 469. The molecule has 17 heavy (non-hydrogen) atoms. The molecule has 90 valence electrons. The molecule has 1 aromatic carbocycles. The van der Waals surface area contributed by atoms with Gasteiger partial charge in [-0.3, -0.25) is 0 Å². The van der Waals surface area contributed by atoms with Crippen molar-refractivity contribution in [3.8, 4) is 0 Å². The third-order valence-electron chi connectivity index (χ3n) is 2.91. The van der Waals surface area contributed by atoms with Crippen LogP contribution in [0.5, 0.6) is 0 Å². The summed E-state index contributed by atoms with van der Waals surface area (Å²) in [5, 5.41) is 0. The smallest absolute Gasteiger partial charge is 0.179 e. The Morgan fingerprint density at radius 2 is 1.41 bits per heavy atom. The lowest BCUT2D eigenvalue weighted by atomic mass is 10.1. The van der Waals surface area contributed by atoms with Crippen molar-refractivity contribution in [2.24, 2.45) is 0 Å². The molecule has 0 spiro atoms. The van der Waals surface area contributed by atoms with Crippen LogP contribution in [0.4, 0.5) is 0 Å². The highest BCUT2D eigenvalue weighted by Crippen LogP contribution is 2.04. The van der Waals surface area contributed by atoms with Gasteiger partial charge in [0.15, 0.2) is 17.9 Å². The molecule has 0 saturated carbocycles. The SMILES string of the molecule is Cc1cc(C)[n+](Cc2ccccc2)c(C)c1.[Cl-]. The highest BCUT2D eigenvalue weighted by Gasteiger charge is 2.11. The molecule has 1 heterocycles. The Balaban J connectivity index is 0.00000144. The predicted molar refractivity (Wildman–Crippen MR) is 66.4 cm³/mol. The minimum Gasteiger partial charge on any atom is -1.00 e. The van der Waals surface area contributed by atoms with E-state index in [0.717, 1.165) is 6.54 Å². The first kappa shape index (κ1) is 13.7. The Labute approximate surface area is 110 Å². The maximum Gasteiger partial charge on any atom is 0.179 e. The first-order valence-corrected chi connectivity index (χ1v) is 5.68. The Hall–Kier alpha value is -1.34. The molecule has 0 radical (unpaired) electrons. The summed E-state index contributed by atoms with van der Waals surface area (Å²) in [6.07, 6.45) is 0. The number of hydrogen-bond acceptors (Lipinski definition) is 0. The van der Waals surface area contributed by atoms with Gasteiger partial charge in [0.2, 0.25) is 0 Å². The lowest BCUT2D eigenvalue weighted by Crippen LogP contribution is -3.00. The summed E-state index contributed by atoms with van der Waals surface area (Å²) >= 11 is 0. The number of aromatic nitrogens is 1. The van der Waals surface area contributed by atoms with Crippen LogP contribution in [0.15, 0.2) is 42.5 Å². The van der Waals surface area contributed by atoms with E-state index in [2.05, 4.69) is 67.8 Å². The molecule has 0 amide bonds. The Morgan fingerprint density at radius 3 is 1.94 bits per heavy atom. The van der Waals surface area contributed by atoms with Gasteiger partial charge in [0.25, 0.3) is 0 Å². The quantitative estimate of drug-likeness (QED) is 0.656. The third kappa shape index (κ3) is 3.31. The molecule has 0 atom stereocenters. The molecule has 2 aromatic rings. The number of pyridine rings is 1. The monoisotopic (exact) mass is 247 g/mol. The van der Waals surface area contributed by atoms with E-state index in [1.165, 1.54) is 22.5 Å². The van der Waals surface area contributed by atoms with Gasteiger partial charge >= 0.3 is 0 Å². The zero-order valence-corrected chi connectivity index (χ0v) is 11.3. The van der Waals surface area contributed by atoms with E-state index in [9.17, 15) is 0 Å². The molecule has 0 N–H and O–H groups in total. The standard InChI is InChI=1S/C15H18N.ClH/c1-12-9-13(2)16(14(3)10-12)11-15-7-5-4-6-8-15;/h4-10H,11H2,1-3H3;1H/q+1;/p-1. The van der Waals surface area contributed by atoms with Crippen LogP contribution in [0.2, 0.25) is 0 Å². The maximum atomic E-state index is 2.35. The van der Waals surface area contributed by atoms with Crippen molar-refractivity contribution >= 4 is 0 Å². The maximum absolute atomic E-state index is 2.35. The number of hydrogen-bond donors (Lipinski definition) is 0. The van der Waals surface area contributed by atoms with E-state index in [0.29, 0.717) is 0 Å². The van der Waals surface area contributed by atoms with Crippen molar-refractivity contribution in [3.63, 3.8) is 0 Å². The number of benzene rings is 1. The summed E-state index contributed by atoms with van der Waals surface area (Å²) in [6, 6.07) is 15.1. The summed E-state index contributed by atoms with van der Waals surface area (Å²) in [5.74, 6) is 0. The van der Waals surface area contributed by atoms with Crippen molar-refractivity contribution < 1.29 is 17.0 Å². The molecule has 2 heteroatoms. The van der Waals surface area contributed by atoms with E-state index < -0.39 is 0 Å². The van der Waals surface area contributed by atoms with Crippen molar-refractivity contribution in [1.82, 2.24) is 0 Å². The van der Waals surface area contributed by atoms with E-state index in [1.807, 2.05) is 0 Å². The van der Waals surface area contributed by atoms with Crippen LogP contribution < -0.4 is 17.0 Å². The molecule has 1 aromatic heterocycles. The second kappa shape index (κ2) is 5.83. The summed E-state index contributed by atoms with van der Waals surface area (Å²) in [4.78, 5) is 0. The Morgan fingerprint density at radius 1 is 0.882 bits per heavy atom. The fourth-order valence-corrected chi connectivity index (χ4v) is 2.15. The fraction of sp³-hybridized carbons (Fsp3) is 0.267. The predicted octanol–water partition coefficient (Wildman–Crippen LogP) is -0.0483. The molecular formula is C15H18ClN. The van der Waals surface area contributed by atoms with Gasteiger partial charge in [0.1, 0.15) is 0 Å². The summed E-state index contributed by atoms with van der Waals surface area (Å²) in [5.41, 5.74) is 5.32. The summed E-state index contributed by atoms with van der Waals surface area (Å²) in [7, 11) is 0. The molecule has 1 nitrogen and oxygen atoms in total. The van der Waals surface area contributed by atoms with E-state index in [-0.39, 0.29) is 12.4 Å². The lowest BCUT2D eigenvalue weighted by Gasteiger charge is -2.05. The molecule has 0 aliphatic rings. The number of nitrogens with zero attached hydrogens (tertiary/aromatic N) is 1. The van der Waals surface area contributed by atoms with Gasteiger partial charge in [-0.05, 0) is 12.5 Å². The lowest BCUT2D eigenvalue weighted by molar-refractivity contribution is -0.700. The van der Waals surface area contributed by atoms with Crippen LogP contribution in [0.3, 0.4) is 0 Å². The van der Waals surface area contributed by atoms with Gasteiger partial charge in [-0.25, -0.2) is 0 Å². The minimum atomic E-state index is 0. The zero-order chi connectivity index (χ0) is 11.5. The second-order valence-corrected chi connectivity index (χ2v) is 4.39. The van der Waals surface area contributed by atoms with Crippen molar-refractivity contribution in [1.29, 1.82) is 0 Å². The first-order valence-electron chi connectivity index (χ1n) is 5.68. The van der Waals surface area contributed by atoms with Crippen molar-refractivity contribution in [3.05, 3.63) is 65.0 Å². The summed E-state index contributed by atoms with van der Waals surface area (Å²) < 4.78 is 2.35. The van der Waals surface area contributed by atoms with Crippen LogP contribution in [0.25, 0.3) is 0 Å². The fourth-order valence-electron chi connectivity index (χ4n) is 2.15. The molecule has 0 aliphatic carbocycles. The number of rotatable bonds is 2. The van der Waals surface area contributed by atoms with Crippen LogP contribution in [0, 0.1) is 20.8 Å². The average molecular weight is 248 g/mol. The first-order chi connectivity index (χ1) is 7.66. The van der Waals surface area contributed by atoms with Gasteiger partial charge in [-0.2, -0.15) is 4.57 Å². The van der Waals surface area contributed by atoms with Crippen LogP contribution in [-0.4, -0.2) is 0 Å². The van der Waals surface area contributed by atoms with E-state index in [1.54, 1.807) is 0 Å². The van der Waals surface area contributed by atoms with Crippen LogP contribution in [0.1, 0.15) is 22.5 Å². The summed E-state index contributed by atoms with van der Waals surface area (Å²) in [6.45, 7) is 7.44. The highest BCUT2D eigenvalue weighted by molar-refractivity contribution is 5.16. The number of halogens is 1. The molecular weight excluding hydrogens is 230 g/mol. The van der Waals surface area contributed by atoms with Gasteiger partial charge in [0.05, 0.1) is 0 Å². The zero-order valence-electron chi connectivity index (χ0n) is 10.6. The van der Waals surface area contributed by atoms with Gasteiger partial charge in [-0.15, -0.1) is 0 Å². The molecule has 0 bridgehead atoms. The van der Waals surface area contributed by atoms with Crippen molar-refractivity contribution in [2.45, 2.75) is 27.3 Å². The van der Waals surface area contributed by atoms with Gasteiger partial charge < -0.3 is 12.4 Å². The van der Waals surface area contributed by atoms with Crippen molar-refractivity contribution in [2.75, 3.05) is 0 Å². The van der Waals surface area contributed by atoms with Gasteiger partial charge in [-0.1, -0.05) is 30.3 Å². The van der Waals surface area contributed by atoms with Crippen LogP contribution >= 0.6 is 0 Å². The molecule has 0 aliphatic heterocycles. The van der Waals surface area contributed by atoms with E-state index in [4.69, 9.17) is 0 Å². The largest absolute Gasteiger partial charge is 1.00 e. The van der Waals surface area contributed by atoms with E-state index >= 15 is 0 Å². The molecule has 0 saturated heterocycles. The third-order valence-corrected chi connectivity index (χ3v) is 2.91. The molecule has 0 fully saturated rings. The highest BCUT2D eigenvalue weighted by atomic mass is 35.5. The molecule has 2 rings (SSSR count). The normalized spacial score (nSPS) is 9.82. The number of aryl methyl sites for hydroxylation is 3. The topological polar surface area (TPSA) is 3.88 Å². The molecule has 0 unspecified atom stereocenters. The average Bonchev–Trinajstić information content (AvgIpc) is 2.25.